The first-order valence-corrected chi connectivity index (χ1v) is 12.6. The van der Waals surface area contributed by atoms with Gasteiger partial charge in [-0.2, -0.15) is 10.2 Å². The quantitative estimate of drug-likeness (QED) is 0.314. The van der Waals surface area contributed by atoms with Crippen molar-refractivity contribution in [2.75, 3.05) is 33.3 Å². The van der Waals surface area contributed by atoms with E-state index < -0.39 is 23.6 Å². The number of aryl methyl sites for hydroxylation is 1. The fourth-order valence-electron chi connectivity index (χ4n) is 4.85. The van der Waals surface area contributed by atoms with Crippen LogP contribution >= 0.6 is 0 Å². The van der Waals surface area contributed by atoms with Crippen molar-refractivity contribution in [1.29, 1.82) is 0 Å². The van der Waals surface area contributed by atoms with E-state index >= 15 is 4.39 Å². The van der Waals surface area contributed by atoms with E-state index in [1.54, 1.807) is 41.0 Å². The molecule has 2 aromatic heterocycles. The SMILES string of the molecule is COC(=O)CNC(=O)CNC(=O)Cn1nc(C2CN(C(C)=O)C2)c2c(-c3cc4c(cnn4C)cc3F)cccc21. The normalized spacial score (nSPS) is 13.3. The van der Waals surface area contributed by atoms with Gasteiger partial charge in [-0.05, 0) is 23.8 Å². The van der Waals surface area contributed by atoms with Crippen LogP contribution < -0.4 is 10.6 Å². The number of amides is 3. The maximum Gasteiger partial charge on any atom is 0.325 e. The molecular formula is C27H28FN7O5. The number of esters is 1. The summed E-state index contributed by atoms with van der Waals surface area (Å²) in [5.41, 5.74) is 3.03. The highest BCUT2D eigenvalue weighted by Gasteiger charge is 2.34. The summed E-state index contributed by atoms with van der Waals surface area (Å²) in [5.74, 6) is -2.18. The number of nitrogens with one attached hydrogen (secondary N) is 2. The van der Waals surface area contributed by atoms with Crippen molar-refractivity contribution in [2.24, 2.45) is 7.05 Å². The van der Waals surface area contributed by atoms with Gasteiger partial charge in [-0.25, -0.2) is 4.39 Å². The van der Waals surface area contributed by atoms with Crippen molar-refractivity contribution in [3.8, 4) is 11.1 Å². The van der Waals surface area contributed by atoms with Gasteiger partial charge in [0.05, 0.1) is 36.6 Å². The molecule has 3 amide bonds. The summed E-state index contributed by atoms with van der Waals surface area (Å²) >= 11 is 0. The largest absolute Gasteiger partial charge is 0.468 e. The third kappa shape index (κ3) is 5.09. The number of nitrogens with zero attached hydrogens (tertiary/aromatic N) is 5. The number of fused-ring (bicyclic) bond motifs is 2. The first-order chi connectivity index (χ1) is 19.2. The van der Waals surface area contributed by atoms with Gasteiger partial charge >= 0.3 is 5.97 Å². The second-order valence-electron chi connectivity index (χ2n) is 9.65. The molecule has 0 bridgehead atoms. The number of benzene rings is 2. The Morgan fingerprint density at radius 1 is 1.05 bits per heavy atom. The molecule has 0 saturated carbocycles. The van der Waals surface area contributed by atoms with Crippen molar-refractivity contribution in [3.63, 3.8) is 0 Å². The zero-order valence-electron chi connectivity index (χ0n) is 22.2. The molecule has 12 nitrogen and oxygen atoms in total. The molecule has 0 aliphatic carbocycles. The molecule has 13 heteroatoms. The van der Waals surface area contributed by atoms with E-state index in [0.29, 0.717) is 46.2 Å². The number of methoxy groups -OCH3 is 1. The van der Waals surface area contributed by atoms with Gasteiger partial charge in [-0.3, -0.25) is 28.5 Å². The minimum absolute atomic E-state index is 0.0437. The summed E-state index contributed by atoms with van der Waals surface area (Å²) in [4.78, 5) is 49.4. The molecule has 1 aliphatic rings. The van der Waals surface area contributed by atoms with Crippen molar-refractivity contribution >= 4 is 45.5 Å². The van der Waals surface area contributed by atoms with Crippen LogP contribution in [0.1, 0.15) is 18.5 Å². The Kier molecular flexibility index (Phi) is 7.20. The van der Waals surface area contributed by atoms with Crippen molar-refractivity contribution in [1.82, 2.24) is 35.1 Å². The fourth-order valence-corrected chi connectivity index (χ4v) is 4.85. The number of hydrogen-bond acceptors (Lipinski definition) is 7. The topological polar surface area (TPSA) is 140 Å². The number of ether oxygens (including phenoxy) is 1. The van der Waals surface area contributed by atoms with E-state index in [4.69, 9.17) is 5.10 Å². The summed E-state index contributed by atoms with van der Waals surface area (Å²) in [6.45, 7) is 1.59. The third-order valence-electron chi connectivity index (χ3n) is 7.04. The minimum Gasteiger partial charge on any atom is -0.468 e. The van der Waals surface area contributed by atoms with Crippen molar-refractivity contribution in [3.05, 3.63) is 48.0 Å². The lowest BCUT2D eigenvalue weighted by molar-refractivity contribution is -0.141. The maximum atomic E-state index is 15.4. The minimum atomic E-state index is -0.607. The number of aromatic nitrogens is 4. The van der Waals surface area contributed by atoms with Crippen LogP contribution in [0.15, 0.2) is 36.5 Å². The molecule has 0 spiro atoms. The molecule has 3 heterocycles. The molecular weight excluding hydrogens is 521 g/mol. The zero-order valence-corrected chi connectivity index (χ0v) is 22.2. The number of halogens is 1. The van der Waals surface area contributed by atoms with Gasteiger partial charge in [0.25, 0.3) is 0 Å². The highest BCUT2D eigenvalue weighted by atomic mass is 19.1. The van der Waals surface area contributed by atoms with Gasteiger partial charge in [-0.1, -0.05) is 12.1 Å². The van der Waals surface area contributed by atoms with Crippen molar-refractivity contribution in [2.45, 2.75) is 19.4 Å². The molecule has 1 fully saturated rings. The molecule has 2 N–H and O–H groups in total. The van der Waals surface area contributed by atoms with Crippen molar-refractivity contribution < 1.29 is 28.3 Å². The second kappa shape index (κ2) is 10.8. The average Bonchev–Trinajstić information content (AvgIpc) is 3.44. The lowest BCUT2D eigenvalue weighted by Gasteiger charge is -2.38. The summed E-state index contributed by atoms with van der Waals surface area (Å²) in [7, 11) is 2.99. The van der Waals surface area contributed by atoms with Gasteiger partial charge in [0.2, 0.25) is 17.7 Å². The van der Waals surface area contributed by atoms with Crippen LogP contribution in [0.3, 0.4) is 0 Å². The number of rotatable bonds is 8. The molecule has 0 unspecified atom stereocenters. The molecule has 4 aromatic rings. The van der Waals surface area contributed by atoms with Gasteiger partial charge < -0.3 is 20.3 Å². The molecule has 1 saturated heterocycles. The Morgan fingerprint density at radius 2 is 1.80 bits per heavy atom. The third-order valence-corrected chi connectivity index (χ3v) is 7.04. The van der Waals surface area contributed by atoms with Crippen LogP contribution in [0.4, 0.5) is 4.39 Å². The lowest BCUT2D eigenvalue weighted by Crippen LogP contribution is -2.47. The predicted molar refractivity (Wildman–Crippen MR) is 142 cm³/mol. The van der Waals surface area contributed by atoms with Crippen LogP contribution in [-0.2, 0) is 37.5 Å². The van der Waals surface area contributed by atoms with E-state index in [1.807, 2.05) is 6.07 Å². The fraction of sp³-hybridized carbons (Fsp3) is 0.333. The Morgan fingerprint density at radius 3 is 2.52 bits per heavy atom. The molecule has 2 aromatic carbocycles. The maximum absolute atomic E-state index is 15.4. The summed E-state index contributed by atoms with van der Waals surface area (Å²) < 4.78 is 23.1. The van der Waals surface area contributed by atoms with E-state index in [2.05, 4.69) is 20.5 Å². The Hall–Kier alpha value is -4.81. The number of carbonyl (C=O) groups is 4. The first kappa shape index (κ1) is 26.8. The summed E-state index contributed by atoms with van der Waals surface area (Å²) in [5, 5.41) is 15.2. The van der Waals surface area contributed by atoms with Crippen LogP contribution in [0, 0.1) is 5.82 Å². The smallest absolute Gasteiger partial charge is 0.325 e. The molecule has 208 valence electrons. The summed E-state index contributed by atoms with van der Waals surface area (Å²) in [6.07, 6.45) is 1.60. The molecule has 1 aliphatic heterocycles. The van der Waals surface area contributed by atoms with Gasteiger partial charge in [-0.15, -0.1) is 0 Å². The van der Waals surface area contributed by atoms with E-state index in [9.17, 15) is 19.2 Å². The summed E-state index contributed by atoms with van der Waals surface area (Å²) in [6, 6.07) is 8.57. The van der Waals surface area contributed by atoms with E-state index in [-0.39, 0.29) is 31.5 Å². The Balaban J connectivity index is 1.48. The Bertz CT molecular complexity index is 1650. The zero-order chi connectivity index (χ0) is 28.6. The molecule has 5 rings (SSSR count). The van der Waals surface area contributed by atoms with Crippen LogP contribution in [0.2, 0.25) is 0 Å². The molecule has 0 atom stereocenters. The van der Waals surface area contributed by atoms with E-state index in [1.165, 1.54) is 24.8 Å². The molecule has 0 radical (unpaired) electrons. The lowest BCUT2D eigenvalue weighted by atomic mass is 9.90. The average molecular weight is 550 g/mol. The van der Waals surface area contributed by atoms with Gasteiger partial charge in [0, 0.05) is 49.3 Å². The number of hydrogen-bond donors (Lipinski definition) is 2. The standard InChI is InChI=1S/C27H28FN7O5/c1-15(36)34-12-17(13-34)27-26-18(19-8-22-16(7-20(19)28)9-31-33(22)2)5-4-6-21(26)35(32-27)14-24(38)29-10-23(37)30-11-25(39)40-3/h4-9,17H,10-14H2,1-3H3,(H,29,38)(H,30,37). The van der Waals surface area contributed by atoms with Crippen LogP contribution in [-0.4, -0.2) is 81.4 Å². The highest BCUT2D eigenvalue weighted by molar-refractivity contribution is 6.00. The first-order valence-electron chi connectivity index (χ1n) is 12.6. The Labute approximate surface area is 228 Å². The molecule has 40 heavy (non-hydrogen) atoms. The van der Waals surface area contributed by atoms with Gasteiger partial charge in [0.1, 0.15) is 18.9 Å². The monoisotopic (exact) mass is 549 g/mol. The number of likely N-dealkylation sites (tertiary alicyclic amines) is 1. The van der Waals surface area contributed by atoms with Crippen LogP contribution in [0.25, 0.3) is 32.9 Å². The number of carbonyl (C=O) groups excluding carboxylic acids is 4. The van der Waals surface area contributed by atoms with E-state index in [0.717, 1.165) is 5.52 Å². The van der Waals surface area contributed by atoms with Crippen LogP contribution in [0.5, 0.6) is 0 Å². The second-order valence-corrected chi connectivity index (χ2v) is 9.65. The highest BCUT2D eigenvalue weighted by Crippen LogP contribution is 2.39. The van der Waals surface area contributed by atoms with Gasteiger partial charge in [0.15, 0.2) is 0 Å². The predicted octanol–water partition coefficient (Wildman–Crippen LogP) is 1.08.